The molecule has 0 aromatic heterocycles. The Morgan fingerprint density at radius 2 is 1.28 bits per heavy atom. The second kappa shape index (κ2) is 5.41. The number of benzene rings is 2. The van der Waals surface area contributed by atoms with Gasteiger partial charge in [0, 0.05) is 0 Å². The molecule has 0 N–H and O–H groups in total. The molecule has 2 aromatic rings. The van der Waals surface area contributed by atoms with Gasteiger partial charge in [-0.15, -0.1) is 0 Å². The summed E-state index contributed by atoms with van der Waals surface area (Å²) >= 11 is -3.56. The van der Waals surface area contributed by atoms with Crippen molar-refractivity contribution in [2.24, 2.45) is 0 Å². The monoisotopic (exact) mass is 302 g/mol. The zero-order valence-corrected chi connectivity index (χ0v) is 12.1. The zero-order valence-electron chi connectivity index (χ0n) is 10.2. The van der Waals surface area contributed by atoms with Crippen molar-refractivity contribution in [2.75, 3.05) is 0 Å². The molecule has 2 nitrogen and oxygen atoms in total. The number of ketones is 1. The molecule has 0 heterocycles. The van der Waals surface area contributed by atoms with E-state index in [1.807, 2.05) is 60.7 Å². The van der Waals surface area contributed by atoms with Crippen molar-refractivity contribution >= 4 is 28.0 Å². The van der Waals surface area contributed by atoms with E-state index < -0.39 is 13.5 Å². The van der Waals surface area contributed by atoms with Crippen molar-refractivity contribution in [3.63, 3.8) is 0 Å². The third-order valence-electron chi connectivity index (χ3n) is 2.79. The van der Waals surface area contributed by atoms with Crippen molar-refractivity contribution in [1.29, 1.82) is 0 Å². The van der Waals surface area contributed by atoms with Crippen molar-refractivity contribution in [2.45, 2.75) is 12.1 Å². The Bertz CT molecular complexity index is 532. The maximum atomic E-state index is 13.3. The average molecular weight is 302 g/mol. The van der Waals surface area contributed by atoms with Crippen LogP contribution in [-0.2, 0) is 8.53 Å². The molecule has 18 heavy (non-hydrogen) atoms. The van der Waals surface area contributed by atoms with E-state index in [-0.39, 0.29) is 11.0 Å². The second-order valence-corrected chi connectivity index (χ2v) is 10.2. The van der Waals surface area contributed by atoms with Crippen molar-refractivity contribution in [3.8, 4) is 0 Å². The van der Waals surface area contributed by atoms with Crippen LogP contribution in [0.4, 0.5) is 0 Å². The first-order valence-electron chi connectivity index (χ1n) is 5.83. The van der Waals surface area contributed by atoms with Gasteiger partial charge in [-0.2, -0.15) is 0 Å². The molecule has 0 aliphatic heterocycles. The van der Waals surface area contributed by atoms with Crippen LogP contribution < -0.4 is 8.70 Å². The van der Waals surface area contributed by atoms with Crippen molar-refractivity contribution in [3.05, 3.63) is 60.7 Å². The molecule has 0 atom stereocenters. The van der Waals surface area contributed by atoms with Gasteiger partial charge in [0.05, 0.1) is 0 Å². The summed E-state index contributed by atoms with van der Waals surface area (Å²) in [6.07, 6.45) is 0. The molecule has 0 aliphatic carbocycles. The fourth-order valence-corrected chi connectivity index (χ4v) is 7.43. The van der Waals surface area contributed by atoms with Gasteiger partial charge in [-0.3, -0.25) is 0 Å². The molecule has 0 spiro atoms. The predicted molar refractivity (Wildman–Crippen MR) is 74.1 cm³/mol. The van der Waals surface area contributed by atoms with E-state index in [4.69, 9.17) is 0 Å². The van der Waals surface area contributed by atoms with E-state index >= 15 is 0 Å². The number of Topliss-reactive ketones (excluding diaryl/α,β-unsaturated/α-hetero) is 1. The van der Waals surface area contributed by atoms with Gasteiger partial charge in [-0.1, -0.05) is 0 Å². The molecule has 0 aliphatic rings. The summed E-state index contributed by atoms with van der Waals surface area (Å²) < 4.78 is 14.9. The Morgan fingerprint density at radius 1 is 0.889 bits per heavy atom. The predicted octanol–water partition coefficient (Wildman–Crippen LogP) is 1.77. The number of hydrogen-bond acceptors (Lipinski definition) is 2. The Labute approximate surface area is 109 Å². The van der Waals surface area contributed by atoms with Crippen molar-refractivity contribution < 1.29 is 8.53 Å². The molecule has 0 unspecified atom stereocenters. The molecular formula is C15H15AsO2. The SMILES string of the molecule is CC(=O)C[As](=O)(c1ccccc1)c1ccccc1. The van der Waals surface area contributed by atoms with Crippen LogP contribution in [0, 0.1) is 0 Å². The first kappa shape index (κ1) is 12.9. The topological polar surface area (TPSA) is 34.1 Å². The van der Waals surface area contributed by atoms with E-state index in [0.29, 0.717) is 0 Å². The third kappa shape index (κ3) is 2.65. The molecule has 92 valence electrons. The van der Waals surface area contributed by atoms with E-state index in [1.54, 1.807) is 0 Å². The van der Waals surface area contributed by atoms with E-state index in [1.165, 1.54) is 6.92 Å². The number of hydrogen-bond donors (Lipinski definition) is 0. The Hall–Kier alpha value is -1.53. The second-order valence-electron chi connectivity index (χ2n) is 4.27. The van der Waals surface area contributed by atoms with Crippen LogP contribution in [-0.4, -0.2) is 19.3 Å². The van der Waals surface area contributed by atoms with Crippen LogP contribution >= 0.6 is 0 Å². The third-order valence-corrected chi connectivity index (χ3v) is 9.41. The first-order valence-corrected chi connectivity index (χ1v) is 9.79. The van der Waals surface area contributed by atoms with Gasteiger partial charge in [0.2, 0.25) is 0 Å². The Morgan fingerprint density at radius 3 is 1.61 bits per heavy atom. The molecule has 0 saturated heterocycles. The zero-order chi connectivity index (χ0) is 13.0. The van der Waals surface area contributed by atoms with Gasteiger partial charge in [-0.25, -0.2) is 0 Å². The molecule has 2 rings (SSSR count). The van der Waals surface area contributed by atoms with Gasteiger partial charge in [0.25, 0.3) is 0 Å². The number of carbonyl (C=O) groups is 1. The number of rotatable bonds is 4. The normalized spacial score (nSPS) is 11.2. The first-order chi connectivity index (χ1) is 8.63. The van der Waals surface area contributed by atoms with Crippen LogP contribution in [0.1, 0.15) is 6.92 Å². The summed E-state index contributed by atoms with van der Waals surface area (Å²) in [5.41, 5.74) is 0. The fraction of sp³-hybridized carbons (Fsp3) is 0.133. The summed E-state index contributed by atoms with van der Waals surface area (Å²) in [5.74, 6) is -0.0230. The molecule has 0 amide bonds. The van der Waals surface area contributed by atoms with Gasteiger partial charge in [0.15, 0.2) is 0 Å². The van der Waals surface area contributed by atoms with Crippen LogP contribution in [0.3, 0.4) is 0 Å². The van der Waals surface area contributed by atoms with E-state index in [2.05, 4.69) is 0 Å². The summed E-state index contributed by atoms with van der Waals surface area (Å²) in [5, 5.41) is 0.145. The Balaban J connectivity index is 2.55. The molecule has 0 saturated carbocycles. The van der Waals surface area contributed by atoms with E-state index in [9.17, 15) is 8.53 Å². The van der Waals surface area contributed by atoms with Gasteiger partial charge < -0.3 is 0 Å². The van der Waals surface area contributed by atoms with Crippen LogP contribution in [0.5, 0.6) is 0 Å². The van der Waals surface area contributed by atoms with Crippen LogP contribution in [0.25, 0.3) is 0 Å². The summed E-state index contributed by atoms with van der Waals surface area (Å²) in [4.78, 5) is 11.4. The molecule has 0 bridgehead atoms. The van der Waals surface area contributed by atoms with Crippen LogP contribution in [0.15, 0.2) is 60.7 Å². The molecule has 3 heteroatoms. The summed E-state index contributed by atoms with van der Waals surface area (Å²) in [6.45, 7) is 1.50. The number of carbonyl (C=O) groups excluding carboxylic acids is 1. The van der Waals surface area contributed by atoms with Gasteiger partial charge in [-0.05, 0) is 0 Å². The van der Waals surface area contributed by atoms with Gasteiger partial charge >= 0.3 is 109 Å². The Kier molecular flexibility index (Phi) is 3.88. The van der Waals surface area contributed by atoms with Crippen molar-refractivity contribution in [1.82, 2.24) is 0 Å². The quantitative estimate of drug-likeness (QED) is 0.807. The fourth-order valence-electron chi connectivity index (χ4n) is 1.98. The minimum absolute atomic E-state index is 0.0230. The maximum absolute atomic E-state index is 13.3. The standard InChI is InChI=1S/C15H15AsO2/c1-13(17)12-16(18,14-8-4-2-5-9-14)15-10-6-3-7-11-15/h2-11H,12H2,1H3. The van der Waals surface area contributed by atoms with E-state index in [0.717, 1.165) is 8.70 Å². The molecule has 0 radical (unpaired) electrons. The van der Waals surface area contributed by atoms with Crippen LogP contribution in [0.2, 0.25) is 5.21 Å². The average Bonchev–Trinajstić information content (AvgIpc) is 2.40. The van der Waals surface area contributed by atoms with Gasteiger partial charge in [0.1, 0.15) is 0 Å². The summed E-state index contributed by atoms with van der Waals surface area (Å²) in [6, 6.07) is 18.7. The molecular weight excluding hydrogens is 287 g/mol. The minimum atomic E-state index is -3.56. The molecule has 2 aromatic carbocycles. The summed E-state index contributed by atoms with van der Waals surface area (Å²) in [7, 11) is 0. The molecule has 0 fully saturated rings.